The Morgan fingerprint density at radius 1 is 1.35 bits per heavy atom. The molecule has 0 spiro atoms. The number of carbonyl (C=O) groups is 1. The first-order chi connectivity index (χ1) is 12.5. The summed E-state index contributed by atoms with van der Waals surface area (Å²) in [6.45, 7) is 3.26. The summed E-state index contributed by atoms with van der Waals surface area (Å²) in [5.41, 5.74) is 1.97. The van der Waals surface area contributed by atoms with Gasteiger partial charge in [0.25, 0.3) is 5.91 Å². The molecular formula is C20H27N3O2S. The van der Waals surface area contributed by atoms with Gasteiger partial charge in [0.05, 0.1) is 12.1 Å². The van der Waals surface area contributed by atoms with Crippen LogP contribution < -0.4 is 5.32 Å². The number of hydrogen-bond donors (Lipinski definition) is 2. The Bertz CT molecular complexity index is 717. The van der Waals surface area contributed by atoms with Crippen molar-refractivity contribution in [3.05, 3.63) is 57.8 Å². The number of hydrogen-bond acceptors (Lipinski definition) is 5. The minimum Gasteiger partial charge on any atom is -0.390 e. The van der Waals surface area contributed by atoms with E-state index < -0.39 is 6.10 Å². The van der Waals surface area contributed by atoms with E-state index in [4.69, 9.17) is 0 Å². The van der Waals surface area contributed by atoms with Crippen LogP contribution in [0.4, 0.5) is 0 Å². The third kappa shape index (κ3) is 5.14. The van der Waals surface area contributed by atoms with Gasteiger partial charge >= 0.3 is 0 Å². The highest BCUT2D eigenvalue weighted by molar-refractivity contribution is 7.10. The highest BCUT2D eigenvalue weighted by Crippen LogP contribution is 2.20. The zero-order chi connectivity index (χ0) is 18.5. The standard InChI is InChI=1S/C20H27N3O2S/c1-22(2)11-15-10-17(26-14-15)12-23-9-8-18(19(24)13-23)21-20(25)16-6-4-3-5-7-16/h3-7,10,14,18-19,24H,8-9,11-13H2,1-2H3,(H,21,25)/t18-,19-/m1/s1. The highest BCUT2D eigenvalue weighted by atomic mass is 32.1. The zero-order valence-electron chi connectivity index (χ0n) is 15.4. The molecule has 0 bridgehead atoms. The fraction of sp³-hybridized carbons (Fsp3) is 0.450. The van der Waals surface area contributed by atoms with Crippen LogP contribution in [0.3, 0.4) is 0 Å². The fourth-order valence-corrected chi connectivity index (χ4v) is 4.25. The van der Waals surface area contributed by atoms with Gasteiger partial charge in [-0.1, -0.05) is 18.2 Å². The monoisotopic (exact) mass is 373 g/mol. The quantitative estimate of drug-likeness (QED) is 0.815. The maximum absolute atomic E-state index is 12.3. The lowest BCUT2D eigenvalue weighted by Gasteiger charge is -2.36. The molecule has 2 N–H and O–H groups in total. The number of β-amino-alcohol motifs (C(OH)–C–C–N with tert-alkyl or cyclic N) is 1. The van der Waals surface area contributed by atoms with Gasteiger partial charge in [-0.2, -0.15) is 0 Å². The minimum absolute atomic E-state index is 0.116. The molecule has 0 aliphatic carbocycles. The van der Waals surface area contributed by atoms with Gasteiger partial charge in [0, 0.05) is 36.6 Å². The molecule has 1 aromatic carbocycles. The summed E-state index contributed by atoms with van der Waals surface area (Å²) in [5.74, 6) is -0.116. The Labute approximate surface area is 159 Å². The van der Waals surface area contributed by atoms with Crippen LogP contribution in [-0.4, -0.2) is 60.1 Å². The van der Waals surface area contributed by atoms with Gasteiger partial charge in [-0.05, 0) is 49.7 Å². The van der Waals surface area contributed by atoms with E-state index in [2.05, 4.69) is 40.7 Å². The van der Waals surface area contributed by atoms with E-state index in [1.165, 1.54) is 10.4 Å². The first-order valence-electron chi connectivity index (χ1n) is 8.98. The lowest BCUT2D eigenvalue weighted by Crippen LogP contribution is -2.53. The molecule has 3 rings (SSSR count). The molecule has 1 saturated heterocycles. The van der Waals surface area contributed by atoms with Crippen molar-refractivity contribution in [1.29, 1.82) is 0 Å². The van der Waals surface area contributed by atoms with Crippen molar-refractivity contribution in [3.63, 3.8) is 0 Å². The number of amides is 1. The van der Waals surface area contributed by atoms with E-state index in [9.17, 15) is 9.90 Å². The Morgan fingerprint density at radius 3 is 2.81 bits per heavy atom. The summed E-state index contributed by atoms with van der Waals surface area (Å²) in [7, 11) is 4.14. The molecule has 2 heterocycles. The minimum atomic E-state index is -0.544. The van der Waals surface area contributed by atoms with Gasteiger partial charge in [-0.25, -0.2) is 0 Å². The van der Waals surface area contributed by atoms with Crippen molar-refractivity contribution in [3.8, 4) is 0 Å². The van der Waals surface area contributed by atoms with Crippen molar-refractivity contribution in [2.75, 3.05) is 27.2 Å². The molecule has 1 aliphatic heterocycles. The van der Waals surface area contributed by atoms with Crippen LogP contribution in [0, 0.1) is 0 Å². The summed E-state index contributed by atoms with van der Waals surface area (Å²) in [6, 6.07) is 11.2. The second kappa shape index (κ2) is 8.77. The van der Waals surface area contributed by atoms with Crippen LogP contribution in [0.2, 0.25) is 0 Å². The van der Waals surface area contributed by atoms with Crippen LogP contribution in [-0.2, 0) is 13.1 Å². The molecule has 5 nitrogen and oxygen atoms in total. The van der Waals surface area contributed by atoms with Crippen molar-refractivity contribution in [1.82, 2.24) is 15.1 Å². The zero-order valence-corrected chi connectivity index (χ0v) is 16.2. The number of benzene rings is 1. The highest BCUT2D eigenvalue weighted by Gasteiger charge is 2.29. The third-order valence-electron chi connectivity index (χ3n) is 4.60. The molecule has 2 aromatic rings. The first kappa shape index (κ1) is 19.0. The van der Waals surface area contributed by atoms with Crippen LogP contribution in [0.5, 0.6) is 0 Å². The molecule has 0 radical (unpaired) electrons. The number of carbonyl (C=O) groups excluding carboxylic acids is 1. The largest absolute Gasteiger partial charge is 0.390 e. The van der Waals surface area contributed by atoms with E-state index >= 15 is 0 Å². The first-order valence-corrected chi connectivity index (χ1v) is 9.86. The number of nitrogens with one attached hydrogen (secondary N) is 1. The number of rotatable bonds is 6. The SMILES string of the molecule is CN(C)Cc1csc(CN2CC[C@@H](NC(=O)c3ccccc3)[C@H](O)C2)c1. The molecule has 0 unspecified atom stereocenters. The van der Waals surface area contributed by atoms with Crippen LogP contribution in [0.15, 0.2) is 41.8 Å². The summed E-state index contributed by atoms with van der Waals surface area (Å²) < 4.78 is 0. The number of aliphatic hydroxyl groups is 1. The summed E-state index contributed by atoms with van der Waals surface area (Å²) >= 11 is 1.78. The summed E-state index contributed by atoms with van der Waals surface area (Å²) in [4.78, 5) is 18.0. The van der Waals surface area contributed by atoms with Gasteiger partial charge in [0.2, 0.25) is 0 Å². The summed E-state index contributed by atoms with van der Waals surface area (Å²) in [6.07, 6.45) is 0.216. The lowest BCUT2D eigenvalue weighted by molar-refractivity contribution is 0.0353. The Hall–Kier alpha value is -1.73. The molecule has 6 heteroatoms. The van der Waals surface area contributed by atoms with Crippen molar-refractivity contribution in [2.24, 2.45) is 0 Å². The molecule has 140 valence electrons. The molecular weight excluding hydrogens is 346 g/mol. The van der Waals surface area contributed by atoms with E-state index in [1.54, 1.807) is 23.5 Å². The normalized spacial score (nSPS) is 21.1. The Morgan fingerprint density at radius 2 is 2.12 bits per heavy atom. The average molecular weight is 374 g/mol. The van der Waals surface area contributed by atoms with E-state index in [0.29, 0.717) is 12.1 Å². The number of nitrogens with zero attached hydrogens (tertiary/aromatic N) is 2. The Balaban J connectivity index is 1.50. The lowest BCUT2D eigenvalue weighted by atomic mass is 10.0. The molecule has 2 atom stereocenters. The molecule has 1 amide bonds. The topological polar surface area (TPSA) is 55.8 Å². The summed E-state index contributed by atoms with van der Waals surface area (Å²) in [5, 5.41) is 15.7. The Kier molecular flexibility index (Phi) is 6.43. The van der Waals surface area contributed by atoms with Gasteiger partial charge in [-0.3, -0.25) is 9.69 Å². The molecule has 1 aliphatic rings. The molecule has 1 fully saturated rings. The van der Waals surface area contributed by atoms with E-state index in [1.807, 2.05) is 18.2 Å². The predicted octanol–water partition coefficient (Wildman–Crippen LogP) is 2.17. The van der Waals surface area contributed by atoms with Crippen molar-refractivity contribution < 1.29 is 9.90 Å². The molecule has 1 aromatic heterocycles. The molecule has 26 heavy (non-hydrogen) atoms. The third-order valence-corrected chi connectivity index (χ3v) is 5.58. The number of thiophene rings is 1. The predicted molar refractivity (Wildman–Crippen MR) is 105 cm³/mol. The number of likely N-dealkylation sites (tertiary alicyclic amines) is 1. The fourth-order valence-electron chi connectivity index (χ4n) is 3.33. The van der Waals surface area contributed by atoms with Gasteiger partial charge in [-0.15, -0.1) is 11.3 Å². The maximum atomic E-state index is 12.3. The van der Waals surface area contributed by atoms with Crippen molar-refractivity contribution >= 4 is 17.2 Å². The van der Waals surface area contributed by atoms with Crippen molar-refractivity contribution in [2.45, 2.75) is 31.7 Å². The molecule has 0 saturated carbocycles. The van der Waals surface area contributed by atoms with Gasteiger partial charge in [0.1, 0.15) is 0 Å². The second-order valence-electron chi connectivity index (χ2n) is 7.20. The number of piperidine rings is 1. The van der Waals surface area contributed by atoms with Gasteiger partial charge < -0.3 is 15.3 Å². The second-order valence-corrected chi connectivity index (χ2v) is 8.19. The van der Waals surface area contributed by atoms with Gasteiger partial charge in [0.15, 0.2) is 0 Å². The average Bonchev–Trinajstić information content (AvgIpc) is 3.04. The van der Waals surface area contributed by atoms with Crippen LogP contribution >= 0.6 is 11.3 Å². The number of aliphatic hydroxyl groups excluding tert-OH is 1. The maximum Gasteiger partial charge on any atom is 0.251 e. The van der Waals surface area contributed by atoms with Crippen LogP contribution in [0.25, 0.3) is 0 Å². The van der Waals surface area contributed by atoms with E-state index in [-0.39, 0.29) is 11.9 Å². The van der Waals surface area contributed by atoms with Crippen LogP contribution in [0.1, 0.15) is 27.2 Å². The smallest absolute Gasteiger partial charge is 0.251 e. The van der Waals surface area contributed by atoms with E-state index in [0.717, 1.165) is 26.1 Å².